The standard InChI is InChI=1S/C12H21NO3/c1-13-6-8-16-12(9-13)11(14)5-4-10-3-2-7-15-10/h10,12H,2-9H2,1H3. The first-order valence-corrected chi connectivity index (χ1v) is 6.20. The van der Waals surface area contributed by atoms with E-state index in [4.69, 9.17) is 9.47 Å². The van der Waals surface area contributed by atoms with Crippen LogP contribution in [0.4, 0.5) is 0 Å². The highest BCUT2D eigenvalue weighted by molar-refractivity contribution is 5.83. The quantitative estimate of drug-likeness (QED) is 0.713. The Kier molecular flexibility index (Phi) is 4.32. The van der Waals surface area contributed by atoms with Gasteiger partial charge in [0, 0.05) is 26.1 Å². The lowest BCUT2D eigenvalue weighted by Gasteiger charge is -2.29. The van der Waals surface area contributed by atoms with Crippen LogP contribution in [0.2, 0.25) is 0 Å². The van der Waals surface area contributed by atoms with Crippen molar-refractivity contribution in [3.05, 3.63) is 0 Å². The van der Waals surface area contributed by atoms with Crippen molar-refractivity contribution in [1.29, 1.82) is 0 Å². The first-order valence-electron chi connectivity index (χ1n) is 6.20. The predicted molar refractivity (Wildman–Crippen MR) is 60.5 cm³/mol. The molecule has 0 amide bonds. The van der Waals surface area contributed by atoms with E-state index in [2.05, 4.69) is 4.90 Å². The molecule has 2 rings (SSSR count). The Morgan fingerprint density at radius 3 is 2.94 bits per heavy atom. The van der Waals surface area contributed by atoms with Crippen LogP contribution in [0.15, 0.2) is 0 Å². The fourth-order valence-electron chi connectivity index (χ4n) is 2.31. The Morgan fingerprint density at radius 1 is 1.38 bits per heavy atom. The third-order valence-electron chi connectivity index (χ3n) is 3.37. The van der Waals surface area contributed by atoms with E-state index in [9.17, 15) is 4.79 Å². The number of ether oxygens (including phenoxy) is 2. The van der Waals surface area contributed by atoms with Gasteiger partial charge in [-0.1, -0.05) is 0 Å². The van der Waals surface area contributed by atoms with Crippen LogP contribution < -0.4 is 0 Å². The second kappa shape index (κ2) is 5.75. The molecule has 2 aliphatic rings. The van der Waals surface area contributed by atoms with Crippen molar-refractivity contribution >= 4 is 5.78 Å². The molecule has 4 heteroatoms. The van der Waals surface area contributed by atoms with Crippen LogP contribution in [-0.2, 0) is 14.3 Å². The Morgan fingerprint density at radius 2 is 2.25 bits per heavy atom. The maximum Gasteiger partial charge on any atom is 0.162 e. The Bertz CT molecular complexity index is 238. The van der Waals surface area contributed by atoms with Gasteiger partial charge in [-0.3, -0.25) is 4.79 Å². The first kappa shape index (κ1) is 12.0. The molecule has 2 heterocycles. The molecule has 2 atom stereocenters. The lowest BCUT2D eigenvalue weighted by atomic mass is 10.0. The van der Waals surface area contributed by atoms with E-state index in [1.807, 2.05) is 7.05 Å². The van der Waals surface area contributed by atoms with Crippen LogP contribution in [-0.4, -0.2) is 56.2 Å². The van der Waals surface area contributed by atoms with Crippen molar-refractivity contribution < 1.29 is 14.3 Å². The molecule has 2 fully saturated rings. The number of rotatable bonds is 4. The van der Waals surface area contributed by atoms with Crippen LogP contribution in [0.3, 0.4) is 0 Å². The molecule has 0 saturated carbocycles. The molecule has 2 aliphatic heterocycles. The number of nitrogens with zero attached hydrogens (tertiary/aromatic N) is 1. The molecule has 92 valence electrons. The van der Waals surface area contributed by atoms with E-state index in [-0.39, 0.29) is 11.9 Å². The van der Waals surface area contributed by atoms with Gasteiger partial charge in [-0.2, -0.15) is 0 Å². The van der Waals surface area contributed by atoms with Crippen LogP contribution in [0.5, 0.6) is 0 Å². The van der Waals surface area contributed by atoms with Gasteiger partial charge < -0.3 is 14.4 Å². The largest absolute Gasteiger partial charge is 0.378 e. The third-order valence-corrected chi connectivity index (χ3v) is 3.37. The molecule has 16 heavy (non-hydrogen) atoms. The van der Waals surface area contributed by atoms with E-state index in [0.29, 0.717) is 19.1 Å². The number of carbonyl (C=O) groups is 1. The van der Waals surface area contributed by atoms with E-state index in [1.165, 1.54) is 0 Å². The van der Waals surface area contributed by atoms with Gasteiger partial charge in [0.25, 0.3) is 0 Å². The summed E-state index contributed by atoms with van der Waals surface area (Å²) in [6.45, 7) is 3.20. The number of carbonyl (C=O) groups excluding carboxylic acids is 1. The number of morpholine rings is 1. The Labute approximate surface area is 96.9 Å². The summed E-state index contributed by atoms with van der Waals surface area (Å²) in [5.74, 6) is 0.238. The minimum Gasteiger partial charge on any atom is -0.378 e. The fraction of sp³-hybridized carbons (Fsp3) is 0.917. The highest BCUT2D eigenvalue weighted by atomic mass is 16.5. The second-order valence-corrected chi connectivity index (χ2v) is 4.76. The van der Waals surface area contributed by atoms with Crippen molar-refractivity contribution in [3.8, 4) is 0 Å². The minimum atomic E-state index is -0.208. The number of likely N-dealkylation sites (N-methyl/N-ethyl adjacent to an activating group) is 1. The molecule has 0 aromatic carbocycles. The summed E-state index contributed by atoms with van der Waals surface area (Å²) in [6.07, 6.45) is 3.82. The average Bonchev–Trinajstić information content (AvgIpc) is 2.78. The van der Waals surface area contributed by atoms with Gasteiger partial charge in [0.05, 0.1) is 12.7 Å². The zero-order chi connectivity index (χ0) is 11.4. The zero-order valence-electron chi connectivity index (χ0n) is 9.98. The zero-order valence-corrected chi connectivity index (χ0v) is 9.98. The molecule has 2 saturated heterocycles. The summed E-state index contributed by atoms with van der Waals surface area (Å²) in [6, 6.07) is 0. The van der Waals surface area contributed by atoms with Gasteiger partial charge in [0.1, 0.15) is 6.10 Å². The third kappa shape index (κ3) is 3.27. The number of Topliss-reactive ketones (excluding diaryl/α,β-unsaturated/α-hetero) is 1. The van der Waals surface area contributed by atoms with Crippen molar-refractivity contribution in [2.75, 3.05) is 33.4 Å². The first-order chi connectivity index (χ1) is 7.75. The predicted octanol–water partition coefficient (Wildman–Crippen LogP) is 0.845. The summed E-state index contributed by atoms with van der Waals surface area (Å²) >= 11 is 0. The lowest BCUT2D eigenvalue weighted by Crippen LogP contribution is -2.44. The number of hydrogen-bond donors (Lipinski definition) is 0. The molecule has 0 aliphatic carbocycles. The fourth-order valence-corrected chi connectivity index (χ4v) is 2.31. The summed E-state index contributed by atoms with van der Waals surface area (Å²) in [5, 5.41) is 0. The Balaban J connectivity index is 1.70. The van der Waals surface area contributed by atoms with Gasteiger partial charge in [0.15, 0.2) is 5.78 Å². The van der Waals surface area contributed by atoms with Gasteiger partial charge in [0.2, 0.25) is 0 Å². The maximum absolute atomic E-state index is 11.9. The van der Waals surface area contributed by atoms with E-state index in [0.717, 1.165) is 39.0 Å². The number of ketones is 1. The summed E-state index contributed by atoms with van der Waals surface area (Å²) in [5.41, 5.74) is 0. The molecule has 2 unspecified atom stereocenters. The lowest BCUT2D eigenvalue weighted by molar-refractivity contribution is -0.136. The van der Waals surface area contributed by atoms with Crippen LogP contribution in [0, 0.1) is 0 Å². The molecule has 0 spiro atoms. The van der Waals surface area contributed by atoms with E-state index >= 15 is 0 Å². The molecular weight excluding hydrogens is 206 g/mol. The summed E-state index contributed by atoms with van der Waals surface area (Å²) < 4.78 is 11.0. The molecule has 4 nitrogen and oxygen atoms in total. The van der Waals surface area contributed by atoms with Gasteiger partial charge in [-0.15, -0.1) is 0 Å². The van der Waals surface area contributed by atoms with Crippen molar-refractivity contribution in [3.63, 3.8) is 0 Å². The second-order valence-electron chi connectivity index (χ2n) is 4.76. The van der Waals surface area contributed by atoms with Crippen LogP contribution in [0.25, 0.3) is 0 Å². The normalized spacial score (nSPS) is 31.8. The molecule has 0 aromatic heterocycles. The number of hydrogen-bond acceptors (Lipinski definition) is 4. The highest BCUT2D eigenvalue weighted by Crippen LogP contribution is 2.18. The smallest absolute Gasteiger partial charge is 0.162 e. The molecular formula is C12H21NO3. The molecule has 0 bridgehead atoms. The molecule has 0 radical (unpaired) electrons. The molecule has 0 aromatic rings. The highest BCUT2D eigenvalue weighted by Gasteiger charge is 2.25. The van der Waals surface area contributed by atoms with Gasteiger partial charge >= 0.3 is 0 Å². The monoisotopic (exact) mass is 227 g/mol. The van der Waals surface area contributed by atoms with Crippen molar-refractivity contribution in [2.24, 2.45) is 0 Å². The average molecular weight is 227 g/mol. The Hall–Kier alpha value is -0.450. The van der Waals surface area contributed by atoms with Gasteiger partial charge in [-0.05, 0) is 26.3 Å². The van der Waals surface area contributed by atoms with Crippen LogP contribution in [0.1, 0.15) is 25.7 Å². The van der Waals surface area contributed by atoms with Crippen molar-refractivity contribution in [1.82, 2.24) is 4.90 Å². The summed E-state index contributed by atoms with van der Waals surface area (Å²) in [4.78, 5) is 14.0. The SMILES string of the molecule is CN1CCOC(C(=O)CCC2CCCO2)C1. The van der Waals surface area contributed by atoms with Gasteiger partial charge in [-0.25, -0.2) is 0 Å². The van der Waals surface area contributed by atoms with E-state index < -0.39 is 0 Å². The van der Waals surface area contributed by atoms with Crippen molar-refractivity contribution in [2.45, 2.75) is 37.9 Å². The van der Waals surface area contributed by atoms with Crippen LogP contribution >= 0.6 is 0 Å². The van der Waals surface area contributed by atoms with E-state index in [1.54, 1.807) is 0 Å². The molecule has 0 N–H and O–H groups in total. The minimum absolute atomic E-state index is 0.208. The maximum atomic E-state index is 11.9. The summed E-state index contributed by atoms with van der Waals surface area (Å²) in [7, 11) is 2.03. The topological polar surface area (TPSA) is 38.8 Å².